The lowest BCUT2D eigenvalue weighted by Gasteiger charge is -2.12. The van der Waals surface area contributed by atoms with Crippen LogP contribution in [0.2, 0.25) is 10.0 Å². The average Bonchev–Trinajstić information content (AvgIpc) is 2.60. The third-order valence-electron chi connectivity index (χ3n) is 3.16. The average molecular weight is 384 g/mol. The van der Waals surface area contributed by atoms with Gasteiger partial charge in [0.15, 0.2) is 5.96 Å². The van der Waals surface area contributed by atoms with Crippen LogP contribution in [0.15, 0.2) is 35.5 Å². The molecule has 2 aromatic rings. The maximum atomic E-state index is 6.03. The highest BCUT2D eigenvalue weighted by Gasteiger charge is 2.06. The van der Waals surface area contributed by atoms with Crippen molar-refractivity contribution in [2.75, 3.05) is 37.9 Å². The van der Waals surface area contributed by atoms with Crippen LogP contribution in [0.1, 0.15) is 0 Å². The third kappa shape index (κ3) is 5.58. The Morgan fingerprint density at radius 3 is 2.72 bits per heavy atom. The number of rotatable bonds is 7. The van der Waals surface area contributed by atoms with Crippen molar-refractivity contribution in [2.24, 2.45) is 10.7 Å². The smallest absolute Gasteiger partial charge is 0.193 e. The summed E-state index contributed by atoms with van der Waals surface area (Å²) < 4.78 is 10.5. The Morgan fingerprint density at radius 1 is 1.24 bits per heavy atom. The van der Waals surface area contributed by atoms with E-state index >= 15 is 0 Å². The molecular formula is C16H19Cl2N5O2. The van der Waals surface area contributed by atoms with E-state index in [4.69, 9.17) is 38.4 Å². The molecule has 0 bridgehead atoms. The molecule has 25 heavy (non-hydrogen) atoms. The summed E-state index contributed by atoms with van der Waals surface area (Å²) >= 11 is 11.8. The van der Waals surface area contributed by atoms with Gasteiger partial charge in [0.05, 0.1) is 36.5 Å². The Labute approximate surface area is 156 Å². The number of hydrogen-bond donors (Lipinski definition) is 3. The van der Waals surface area contributed by atoms with Gasteiger partial charge in [0, 0.05) is 18.8 Å². The first kappa shape index (κ1) is 19.0. The van der Waals surface area contributed by atoms with Gasteiger partial charge in [-0.2, -0.15) is 0 Å². The second-order valence-corrected chi connectivity index (χ2v) is 5.71. The fourth-order valence-electron chi connectivity index (χ4n) is 1.98. The second-order valence-electron chi connectivity index (χ2n) is 4.87. The van der Waals surface area contributed by atoms with Crippen molar-refractivity contribution in [3.8, 4) is 11.5 Å². The lowest BCUT2D eigenvalue weighted by Crippen LogP contribution is -2.24. The predicted octanol–water partition coefficient (Wildman–Crippen LogP) is 3.24. The molecule has 2 rings (SSSR count). The Hall–Kier alpha value is -2.38. The number of halogens is 2. The van der Waals surface area contributed by atoms with E-state index < -0.39 is 0 Å². The maximum absolute atomic E-state index is 6.03. The predicted molar refractivity (Wildman–Crippen MR) is 102 cm³/mol. The largest absolute Gasteiger partial charge is 0.497 e. The minimum atomic E-state index is 0.253. The van der Waals surface area contributed by atoms with Crippen molar-refractivity contribution in [3.63, 3.8) is 0 Å². The molecule has 0 aliphatic heterocycles. The Morgan fingerprint density at radius 2 is 2.04 bits per heavy atom. The Balaban J connectivity index is 1.91. The molecule has 134 valence electrons. The minimum absolute atomic E-state index is 0.253. The van der Waals surface area contributed by atoms with Gasteiger partial charge in [0.1, 0.15) is 17.3 Å². The van der Waals surface area contributed by atoms with Crippen molar-refractivity contribution in [1.29, 1.82) is 0 Å². The van der Waals surface area contributed by atoms with Crippen molar-refractivity contribution in [1.82, 2.24) is 4.98 Å². The normalized spacial score (nSPS) is 11.1. The van der Waals surface area contributed by atoms with E-state index in [1.165, 1.54) is 6.20 Å². The molecule has 0 spiro atoms. The van der Waals surface area contributed by atoms with E-state index in [0.717, 1.165) is 0 Å². The van der Waals surface area contributed by atoms with Crippen LogP contribution in [0.25, 0.3) is 0 Å². The van der Waals surface area contributed by atoms with E-state index in [2.05, 4.69) is 20.6 Å². The first-order valence-electron chi connectivity index (χ1n) is 7.37. The molecule has 0 amide bonds. The van der Waals surface area contributed by atoms with Crippen LogP contribution in [-0.4, -0.2) is 38.3 Å². The Kier molecular flexibility index (Phi) is 6.97. The second kappa shape index (κ2) is 9.19. The number of anilines is 2. The summed E-state index contributed by atoms with van der Waals surface area (Å²) in [7, 11) is 3.16. The number of nitrogens with two attached hydrogens (primary N) is 1. The number of benzene rings is 1. The van der Waals surface area contributed by atoms with Gasteiger partial charge in [-0.25, -0.2) is 4.98 Å². The molecule has 0 saturated carbocycles. The number of guanidine groups is 1. The zero-order chi connectivity index (χ0) is 18.2. The minimum Gasteiger partial charge on any atom is -0.497 e. The number of methoxy groups -OCH3 is 2. The molecule has 0 fully saturated rings. The molecule has 0 saturated heterocycles. The van der Waals surface area contributed by atoms with Crippen molar-refractivity contribution in [2.45, 2.75) is 0 Å². The first-order chi connectivity index (χ1) is 12.0. The lowest BCUT2D eigenvalue weighted by molar-refractivity contribution is 0.405. The van der Waals surface area contributed by atoms with E-state index in [1.54, 1.807) is 38.5 Å². The number of aliphatic imine (C=N–C) groups is 1. The number of ether oxygens (including phenoxy) is 2. The van der Waals surface area contributed by atoms with Gasteiger partial charge < -0.3 is 25.8 Å². The molecule has 1 heterocycles. The summed E-state index contributed by atoms with van der Waals surface area (Å²) in [5.41, 5.74) is 6.57. The van der Waals surface area contributed by atoms with Gasteiger partial charge in [-0.3, -0.25) is 4.99 Å². The van der Waals surface area contributed by atoms with Gasteiger partial charge in [0.2, 0.25) is 0 Å². The molecule has 0 radical (unpaired) electrons. The fourth-order valence-corrected chi connectivity index (χ4v) is 2.43. The highest BCUT2D eigenvalue weighted by Crippen LogP contribution is 2.28. The Bertz CT molecular complexity index is 755. The fraction of sp³-hybridized carbons (Fsp3) is 0.250. The van der Waals surface area contributed by atoms with Crippen LogP contribution in [0.4, 0.5) is 11.5 Å². The number of aromatic nitrogens is 1. The van der Waals surface area contributed by atoms with Crippen LogP contribution >= 0.6 is 23.2 Å². The zero-order valence-electron chi connectivity index (χ0n) is 13.8. The maximum Gasteiger partial charge on any atom is 0.193 e. The molecule has 0 unspecified atom stereocenters. The van der Waals surface area contributed by atoms with Gasteiger partial charge in [-0.1, -0.05) is 23.2 Å². The molecule has 0 aliphatic rings. The number of hydrogen-bond acceptors (Lipinski definition) is 5. The van der Waals surface area contributed by atoms with E-state index in [9.17, 15) is 0 Å². The van der Waals surface area contributed by atoms with Crippen molar-refractivity contribution < 1.29 is 9.47 Å². The van der Waals surface area contributed by atoms with Crippen molar-refractivity contribution >= 4 is 40.7 Å². The summed E-state index contributed by atoms with van der Waals surface area (Å²) in [6, 6.07) is 6.97. The highest BCUT2D eigenvalue weighted by atomic mass is 35.5. The zero-order valence-corrected chi connectivity index (χ0v) is 15.4. The molecular weight excluding hydrogens is 365 g/mol. The number of nitrogens with one attached hydrogen (secondary N) is 2. The summed E-state index contributed by atoms with van der Waals surface area (Å²) in [5, 5.41) is 6.98. The van der Waals surface area contributed by atoms with Gasteiger partial charge in [0.25, 0.3) is 0 Å². The summed E-state index contributed by atoms with van der Waals surface area (Å²) in [6.07, 6.45) is 1.52. The van der Waals surface area contributed by atoms with E-state index in [0.29, 0.717) is 46.1 Å². The topological polar surface area (TPSA) is 93.8 Å². The van der Waals surface area contributed by atoms with Gasteiger partial charge in [-0.05, 0) is 18.2 Å². The molecule has 7 nitrogen and oxygen atoms in total. The van der Waals surface area contributed by atoms with Crippen molar-refractivity contribution in [3.05, 3.63) is 40.5 Å². The van der Waals surface area contributed by atoms with Crippen LogP contribution in [-0.2, 0) is 0 Å². The van der Waals surface area contributed by atoms with E-state index in [-0.39, 0.29) is 5.96 Å². The number of pyridine rings is 1. The highest BCUT2D eigenvalue weighted by molar-refractivity contribution is 6.35. The molecule has 4 N–H and O–H groups in total. The monoisotopic (exact) mass is 383 g/mol. The SMILES string of the molecule is COc1ccc(OC)c(NC(N)=NCCNc2ncc(Cl)cc2Cl)c1. The summed E-state index contributed by atoms with van der Waals surface area (Å²) in [5.74, 6) is 2.11. The van der Waals surface area contributed by atoms with Gasteiger partial charge in [-0.15, -0.1) is 0 Å². The van der Waals surface area contributed by atoms with Crippen LogP contribution in [0.3, 0.4) is 0 Å². The number of nitrogens with zero attached hydrogens (tertiary/aromatic N) is 2. The quantitative estimate of drug-likeness (QED) is 0.386. The standard InChI is InChI=1S/C16H19Cl2N5O2/c1-24-11-3-4-14(25-2)13(8-11)23-16(19)21-6-5-20-15-12(18)7-10(17)9-22-15/h3-4,7-9H,5-6H2,1-2H3,(H,20,22)(H3,19,21,23). The molecule has 1 aromatic heterocycles. The molecule has 1 aromatic carbocycles. The molecule has 0 atom stereocenters. The summed E-state index contributed by atoms with van der Waals surface area (Å²) in [6.45, 7) is 0.928. The summed E-state index contributed by atoms with van der Waals surface area (Å²) in [4.78, 5) is 8.34. The lowest BCUT2D eigenvalue weighted by atomic mass is 10.2. The van der Waals surface area contributed by atoms with Crippen LogP contribution in [0, 0.1) is 0 Å². The van der Waals surface area contributed by atoms with Crippen LogP contribution < -0.4 is 25.8 Å². The van der Waals surface area contributed by atoms with E-state index in [1.807, 2.05) is 0 Å². The molecule has 9 heteroatoms. The first-order valence-corrected chi connectivity index (χ1v) is 8.13. The van der Waals surface area contributed by atoms with Gasteiger partial charge >= 0.3 is 0 Å². The van der Waals surface area contributed by atoms with Crippen LogP contribution in [0.5, 0.6) is 11.5 Å². The third-order valence-corrected chi connectivity index (χ3v) is 3.66. The molecule has 0 aliphatic carbocycles.